The van der Waals surface area contributed by atoms with Gasteiger partial charge in [0.15, 0.2) is 5.78 Å². The number of rotatable bonds is 1. The van der Waals surface area contributed by atoms with Crippen molar-refractivity contribution in [3.63, 3.8) is 0 Å². The molecule has 0 aromatic heterocycles. The quantitative estimate of drug-likeness (QED) is 0.636. The van der Waals surface area contributed by atoms with Gasteiger partial charge in [0.1, 0.15) is 17.5 Å². The van der Waals surface area contributed by atoms with E-state index in [2.05, 4.69) is 19.2 Å². The number of nitrogens with one attached hydrogen (secondary N) is 1. The third-order valence-corrected chi connectivity index (χ3v) is 9.03. The number of carbonyl (C=O) groups is 3. The van der Waals surface area contributed by atoms with Gasteiger partial charge < -0.3 is 20.9 Å². The van der Waals surface area contributed by atoms with Crippen LogP contribution in [0.4, 0.5) is 0 Å². The lowest BCUT2D eigenvalue weighted by Gasteiger charge is -2.66. The summed E-state index contributed by atoms with van der Waals surface area (Å²) in [6.07, 6.45) is 1.60. The van der Waals surface area contributed by atoms with Crippen LogP contribution < -0.4 is 15.8 Å². The molecule has 31 heavy (non-hydrogen) atoms. The van der Waals surface area contributed by atoms with Crippen molar-refractivity contribution in [1.82, 2.24) is 5.32 Å². The van der Waals surface area contributed by atoms with E-state index in [4.69, 9.17) is 10.5 Å². The number of fused-ring (bicyclic) bond motifs is 3. The maximum Gasteiger partial charge on any atom is 0.252 e. The molecule has 2 amide bonds. The highest BCUT2D eigenvalue weighted by molar-refractivity contribution is 6.10. The summed E-state index contributed by atoms with van der Waals surface area (Å²) in [7, 11) is 0. The fourth-order valence-electron chi connectivity index (χ4n) is 7.13. The summed E-state index contributed by atoms with van der Waals surface area (Å²) < 4.78 is 6.92. The molecule has 0 radical (unpaired) electrons. The molecule has 0 bridgehead atoms. The summed E-state index contributed by atoms with van der Waals surface area (Å²) in [6, 6.07) is 1.71. The Hall–Kier alpha value is -2.41. The second-order valence-electron chi connectivity index (χ2n) is 10.7. The predicted molar refractivity (Wildman–Crippen MR) is 113 cm³/mol. The molecule has 1 spiro atoms. The molecular weight excluding hydrogens is 396 g/mol. The maximum absolute atomic E-state index is 12.9. The number of Topliss-reactive ketones (excluding diaryl/α,β-unsaturated/α-hetero) is 1. The minimum atomic E-state index is -1.09. The van der Waals surface area contributed by atoms with Gasteiger partial charge in [-0.25, -0.2) is 0 Å². The largest absolute Gasteiger partial charge is 0.486 e. The summed E-state index contributed by atoms with van der Waals surface area (Å²) in [5.74, 6) is -0.225. The standard InChI is InChI=1S/C24H30N2O5/c1-11-5-6-16-22(2,3)19(28)15(27)9-24(16)23(11,4)8-12-7-13(20(25)29)17-14(18(12)31-24)10-26-21(17)30/h7,11,15-16,27H,5-6,8-10H2,1-4H3,(H2,25,29)(H,26,30)/t11-,15+,16-,23+,24-/m0/s1. The Morgan fingerprint density at radius 3 is 2.65 bits per heavy atom. The SMILES string of the molecule is C[C@H]1CC[C@H]2C(C)(C)C(=O)[C@H](O)C[C@]23Oc2c(cc(C(N)=O)c4c2CNC4=O)C[C@]13C. The second kappa shape index (κ2) is 6.09. The van der Waals surface area contributed by atoms with Gasteiger partial charge in [-0.15, -0.1) is 0 Å². The van der Waals surface area contributed by atoms with Gasteiger partial charge in [-0.2, -0.15) is 0 Å². The summed E-state index contributed by atoms with van der Waals surface area (Å²) in [4.78, 5) is 37.6. The molecule has 7 nitrogen and oxygen atoms in total. The van der Waals surface area contributed by atoms with Gasteiger partial charge in [0.25, 0.3) is 5.91 Å². The molecular formula is C24H30N2O5. The first-order chi connectivity index (χ1) is 14.4. The fourth-order valence-corrected chi connectivity index (χ4v) is 7.13. The molecule has 2 aliphatic carbocycles. The Morgan fingerprint density at radius 1 is 1.26 bits per heavy atom. The van der Waals surface area contributed by atoms with E-state index in [0.29, 0.717) is 23.3 Å². The number of nitrogens with two attached hydrogens (primary N) is 1. The maximum atomic E-state index is 12.9. The third kappa shape index (κ3) is 2.35. The molecule has 4 N–H and O–H groups in total. The molecule has 1 aromatic rings. The number of ether oxygens (including phenoxy) is 1. The van der Waals surface area contributed by atoms with E-state index in [1.54, 1.807) is 6.07 Å². The first-order valence-electron chi connectivity index (χ1n) is 11.1. The van der Waals surface area contributed by atoms with Gasteiger partial charge in [-0.3, -0.25) is 14.4 Å². The lowest BCUT2D eigenvalue weighted by molar-refractivity contribution is -0.223. The van der Waals surface area contributed by atoms with Crippen LogP contribution in [0.2, 0.25) is 0 Å². The smallest absolute Gasteiger partial charge is 0.252 e. The molecule has 5 atom stereocenters. The Balaban J connectivity index is 1.76. The lowest BCUT2D eigenvalue weighted by Crippen LogP contribution is -2.72. The molecule has 7 heteroatoms. The highest BCUT2D eigenvalue weighted by Crippen LogP contribution is 2.65. The van der Waals surface area contributed by atoms with Crippen molar-refractivity contribution in [2.24, 2.45) is 28.4 Å². The topological polar surface area (TPSA) is 119 Å². The summed E-state index contributed by atoms with van der Waals surface area (Å²) in [5.41, 5.74) is 5.86. The first kappa shape index (κ1) is 20.5. The minimum absolute atomic E-state index is 0.0539. The van der Waals surface area contributed by atoms with E-state index in [1.807, 2.05) is 13.8 Å². The van der Waals surface area contributed by atoms with Crippen molar-refractivity contribution >= 4 is 17.6 Å². The summed E-state index contributed by atoms with van der Waals surface area (Å²) in [6.45, 7) is 8.51. The van der Waals surface area contributed by atoms with Crippen molar-refractivity contribution in [3.8, 4) is 5.75 Å². The Kier molecular flexibility index (Phi) is 4.03. The van der Waals surface area contributed by atoms with Gasteiger partial charge >= 0.3 is 0 Å². The Morgan fingerprint density at radius 2 is 1.97 bits per heavy atom. The van der Waals surface area contributed by atoms with Gasteiger partial charge in [-0.1, -0.05) is 27.7 Å². The number of hydrogen-bond donors (Lipinski definition) is 3. The van der Waals surface area contributed by atoms with Crippen molar-refractivity contribution in [3.05, 3.63) is 28.3 Å². The average molecular weight is 427 g/mol. The molecule has 4 aliphatic rings. The normalized spacial score (nSPS) is 37.6. The van der Waals surface area contributed by atoms with E-state index in [0.717, 1.165) is 18.4 Å². The molecule has 2 fully saturated rings. The number of hydrogen-bond acceptors (Lipinski definition) is 5. The van der Waals surface area contributed by atoms with E-state index < -0.39 is 23.0 Å². The van der Waals surface area contributed by atoms with E-state index in [-0.39, 0.29) is 47.5 Å². The number of primary amides is 1. The fraction of sp³-hybridized carbons (Fsp3) is 0.625. The summed E-state index contributed by atoms with van der Waals surface area (Å²) in [5, 5.41) is 13.6. The van der Waals surface area contributed by atoms with Crippen molar-refractivity contribution in [2.75, 3.05) is 0 Å². The molecule has 1 aromatic carbocycles. The van der Waals surface area contributed by atoms with Crippen LogP contribution in [0.5, 0.6) is 5.75 Å². The van der Waals surface area contributed by atoms with Gasteiger partial charge in [0.2, 0.25) is 5.91 Å². The van der Waals surface area contributed by atoms with Crippen LogP contribution in [-0.4, -0.2) is 34.4 Å². The van der Waals surface area contributed by atoms with Crippen LogP contribution in [-0.2, 0) is 17.8 Å². The molecule has 0 unspecified atom stereocenters. The van der Waals surface area contributed by atoms with Gasteiger partial charge in [0.05, 0.1) is 11.1 Å². The number of aliphatic hydroxyl groups excluding tert-OH is 1. The number of benzene rings is 1. The molecule has 2 saturated carbocycles. The second-order valence-corrected chi connectivity index (χ2v) is 10.7. The Bertz CT molecular complexity index is 1050. The summed E-state index contributed by atoms with van der Waals surface area (Å²) >= 11 is 0. The first-order valence-corrected chi connectivity index (χ1v) is 11.1. The lowest BCUT2D eigenvalue weighted by atomic mass is 9.43. The number of amides is 2. The highest BCUT2D eigenvalue weighted by atomic mass is 16.5. The van der Waals surface area contributed by atoms with Crippen molar-refractivity contribution in [1.29, 1.82) is 0 Å². The van der Waals surface area contributed by atoms with Crippen LogP contribution in [0.1, 0.15) is 78.8 Å². The van der Waals surface area contributed by atoms with Crippen LogP contribution in [0.3, 0.4) is 0 Å². The molecule has 0 saturated heterocycles. The zero-order valence-corrected chi connectivity index (χ0v) is 18.5. The highest BCUT2D eigenvalue weighted by Gasteiger charge is 2.69. The van der Waals surface area contributed by atoms with E-state index in [1.165, 1.54) is 0 Å². The van der Waals surface area contributed by atoms with Crippen molar-refractivity contribution < 1.29 is 24.2 Å². The van der Waals surface area contributed by atoms with Crippen LogP contribution in [0.25, 0.3) is 0 Å². The van der Waals surface area contributed by atoms with Gasteiger partial charge in [0, 0.05) is 35.3 Å². The van der Waals surface area contributed by atoms with Crippen LogP contribution in [0.15, 0.2) is 6.07 Å². The molecule has 2 aliphatic heterocycles. The van der Waals surface area contributed by atoms with Crippen molar-refractivity contribution in [2.45, 2.75) is 71.6 Å². The average Bonchev–Trinajstić information content (AvgIpc) is 3.07. The zero-order valence-electron chi connectivity index (χ0n) is 18.5. The number of aliphatic hydroxyl groups is 1. The van der Waals surface area contributed by atoms with E-state index in [9.17, 15) is 19.5 Å². The molecule has 166 valence electrons. The Labute approximate surface area is 181 Å². The van der Waals surface area contributed by atoms with Gasteiger partial charge in [-0.05, 0) is 36.8 Å². The third-order valence-electron chi connectivity index (χ3n) is 9.03. The predicted octanol–water partition coefficient (Wildman–Crippen LogP) is 2.11. The van der Waals surface area contributed by atoms with Crippen LogP contribution >= 0.6 is 0 Å². The number of ketones is 1. The minimum Gasteiger partial charge on any atom is -0.486 e. The molecule has 5 rings (SSSR count). The number of carbonyl (C=O) groups excluding carboxylic acids is 3. The molecule has 2 heterocycles. The zero-order chi connectivity index (χ0) is 22.5. The monoisotopic (exact) mass is 426 g/mol. The van der Waals surface area contributed by atoms with Crippen LogP contribution in [0, 0.1) is 22.7 Å². The van der Waals surface area contributed by atoms with E-state index >= 15 is 0 Å².